The summed E-state index contributed by atoms with van der Waals surface area (Å²) in [5.74, 6) is 0.221. The molecule has 2 aromatic carbocycles. The molecule has 1 aliphatic carbocycles. The van der Waals surface area contributed by atoms with Crippen LogP contribution in [0.4, 0.5) is 17.3 Å². The van der Waals surface area contributed by atoms with Gasteiger partial charge in [-0.05, 0) is 61.8 Å². The molecule has 0 saturated heterocycles. The fourth-order valence-corrected chi connectivity index (χ4v) is 6.38. The lowest BCUT2D eigenvalue weighted by Crippen LogP contribution is -2.34. The van der Waals surface area contributed by atoms with E-state index in [1.807, 2.05) is 25.1 Å². The number of rotatable bonds is 19. The Bertz CT molecular complexity index is 1660. The lowest BCUT2D eigenvalue weighted by molar-refractivity contribution is -0.385. The number of hydrogen-bond acceptors (Lipinski definition) is 10. The second kappa shape index (κ2) is 18.1. The highest BCUT2D eigenvalue weighted by molar-refractivity contribution is 6.06. The molecule has 4 rings (SSSR count). The Hall–Kier alpha value is -4.81. The van der Waals surface area contributed by atoms with E-state index < -0.39 is 4.92 Å². The summed E-state index contributed by atoms with van der Waals surface area (Å²) in [5.41, 5.74) is 5.75. The van der Waals surface area contributed by atoms with Crippen molar-refractivity contribution in [3.05, 3.63) is 99.0 Å². The summed E-state index contributed by atoms with van der Waals surface area (Å²) < 4.78 is 16.4. The molecule has 0 fully saturated rings. The average Bonchev–Trinajstić information content (AvgIpc) is 3.09. The van der Waals surface area contributed by atoms with Gasteiger partial charge in [0.15, 0.2) is 0 Å². The fraction of sp³-hybridized carbons (Fsp3) is 0.432. The maximum absolute atomic E-state index is 13.8. The number of carbonyl (C=O) groups is 1. The van der Waals surface area contributed by atoms with Crippen molar-refractivity contribution >= 4 is 28.8 Å². The van der Waals surface area contributed by atoms with Crippen LogP contribution in [-0.2, 0) is 20.7 Å². The highest BCUT2D eigenvalue weighted by atomic mass is 16.6. The first kappa shape index (κ1) is 37.0. The van der Waals surface area contributed by atoms with Crippen molar-refractivity contribution in [2.75, 3.05) is 52.9 Å². The van der Waals surface area contributed by atoms with Gasteiger partial charge in [-0.25, -0.2) is 9.97 Å². The maximum Gasteiger partial charge on any atom is 0.275 e. The zero-order valence-corrected chi connectivity index (χ0v) is 29.1. The summed E-state index contributed by atoms with van der Waals surface area (Å²) in [6.45, 7) is 9.66. The number of hydrogen-bond donors (Lipinski definition) is 3. The Balaban J connectivity index is 1.76. The van der Waals surface area contributed by atoms with Crippen LogP contribution >= 0.6 is 0 Å². The molecule has 0 bridgehead atoms. The zero-order chi connectivity index (χ0) is 35.3. The molecule has 0 aliphatic heterocycles. The molecular weight excluding hydrogens is 624 g/mol. The monoisotopic (exact) mass is 672 g/mol. The molecule has 3 N–H and O–H groups in total. The Morgan fingerprint density at radius 1 is 1.12 bits per heavy atom. The third kappa shape index (κ3) is 9.42. The third-order valence-electron chi connectivity index (χ3n) is 8.57. The number of carbonyl (C=O) groups excluding carboxylic acids is 1. The van der Waals surface area contributed by atoms with E-state index in [0.717, 1.165) is 48.1 Å². The molecule has 0 saturated carbocycles. The molecule has 1 aromatic heterocycles. The van der Waals surface area contributed by atoms with E-state index in [4.69, 9.17) is 19.2 Å². The van der Waals surface area contributed by atoms with Crippen molar-refractivity contribution < 1.29 is 23.9 Å². The van der Waals surface area contributed by atoms with Gasteiger partial charge in [0.05, 0.1) is 36.6 Å². The Kier molecular flexibility index (Phi) is 13.7. The minimum absolute atomic E-state index is 0.00395. The van der Waals surface area contributed by atoms with Crippen LogP contribution in [0, 0.1) is 16.0 Å². The molecule has 12 heteroatoms. The number of benzene rings is 2. The van der Waals surface area contributed by atoms with Crippen LogP contribution in [0.25, 0.3) is 5.57 Å². The van der Waals surface area contributed by atoms with Crippen molar-refractivity contribution in [1.29, 1.82) is 0 Å². The van der Waals surface area contributed by atoms with Crippen molar-refractivity contribution in [2.45, 2.75) is 51.9 Å². The predicted octanol–water partition coefficient (Wildman–Crippen LogP) is 6.31. The number of nitro benzene ring substituents is 1. The van der Waals surface area contributed by atoms with Crippen molar-refractivity contribution in [3.8, 4) is 5.75 Å². The molecule has 2 atom stereocenters. The first-order valence-electron chi connectivity index (χ1n) is 16.7. The number of amides is 1. The standard InChI is InChI=1S/C37H48N6O6/c1-7-11-26-20-25-12-8-9-14-28(25)35(34(26)36(44)39-18-19-47-4)30-15-17-40-37(41-30)42-31-22-32(43(45)46)29(21-33(31)49-6)27(23-48-5)13-10-16-38-24(2)3/h8-9,12,14-15,17,21-22,26-27,38H,2,7,10-11,13,16,18-20,23H2,1,3-6H3,(H,39,44)(H,40,41,42). The van der Waals surface area contributed by atoms with Crippen LogP contribution in [0.5, 0.6) is 5.75 Å². The maximum atomic E-state index is 13.8. The number of allylic oxidation sites excluding steroid dienone is 1. The normalized spacial score (nSPS) is 14.5. The summed E-state index contributed by atoms with van der Waals surface area (Å²) in [5, 5.41) is 21.8. The number of aromatic nitrogens is 2. The van der Waals surface area contributed by atoms with E-state index in [2.05, 4.69) is 40.5 Å². The molecule has 49 heavy (non-hydrogen) atoms. The second-order valence-electron chi connectivity index (χ2n) is 12.1. The van der Waals surface area contributed by atoms with Crippen LogP contribution in [0.3, 0.4) is 0 Å². The molecular formula is C37H48N6O6. The van der Waals surface area contributed by atoms with Gasteiger partial charge in [-0.15, -0.1) is 0 Å². The molecule has 2 unspecified atom stereocenters. The first-order chi connectivity index (χ1) is 23.7. The van der Waals surface area contributed by atoms with Crippen LogP contribution in [0.1, 0.15) is 67.8 Å². The van der Waals surface area contributed by atoms with Gasteiger partial charge in [-0.2, -0.15) is 0 Å². The molecule has 0 spiro atoms. The first-order valence-corrected chi connectivity index (χ1v) is 16.7. The van der Waals surface area contributed by atoms with Crippen LogP contribution in [0.2, 0.25) is 0 Å². The number of nitrogens with one attached hydrogen (secondary N) is 3. The summed E-state index contributed by atoms with van der Waals surface area (Å²) >= 11 is 0. The van der Waals surface area contributed by atoms with Crippen molar-refractivity contribution in [2.24, 2.45) is 5.92 Å². The lowest BCUT2D eigenvalue weighted by Gasteiger charge is -2.30. The predicted molar refractivity (Wildman–Crippen MR) is 191 cm³/mol. The van der Waals surface area contributed by atoms with Gasteiger partial charge in [0, 0.05) is 67.9 Å². The minimum atomic E-state index is -0.391. The SMILES string of the molecule is C=C(C)NCCCC(COC)c1cc(OC)c(Nc2nccc(C3=C(C(=O)NCCOC)C(CCC)Cc4ccccc43)n2)cc1[N+](=O)[O-]. The smallest absolute Gasteiger partial charge is 0.275 e. The highest BCUT2D eigenvalue weighted by Gasteiger charge is 2.32. The highest BCUT2D eigenvalue weighted by Crippen LogP contribution is 2.42. The molecule has 3 aromatic rings. The lowest BCUT2D eigenvalue weighted by atomic mass is 9.75. The molecule has 1 heterocycles. The average molecular weight is 673 g/mol. The van der Waals surface area contributed by atoms with E-state index in [9.17, 15) is 14.9 Å². The molecule has 262 valence electrons. The van der Waals surface area contributed by atoms with E-state index in [-0.39, 0.29) is 29.4 Å². The van der Waals surface area contributed by atoms with Crippen molar-refractivity contribution in [1.82, 2.24) is 20.6 Å². The largest absolute Gasteiger partial charge is 0.495 e. The third-order valence-corrected chi connectivity index (χ3v) is 8.57. The zero-order valence-electron chi connectivity index (χ0n) is 29.1. The van der Waals surface area contributed by atoms with Crippen LogP contribution < -0.4 is 20.7 Å². The van der Waals surface area contributed by atoms with E-state index in [0.29, 0.717) is 61.0 Å². The van der Waals surface area contributed by atoms with Crippen molar-refractivity contribution in [3.63, 3.8) is 0 Å². The molecule has 0 radical (unpaired) electrons. The fourth-order valence-electron chi connectivity index (χ4n) is 6.38. The van der Waals surface area contributed by atoms with Crippen LogP contribution in [0.15, 0.2) is 66.5 Å². The van der Waals surface area contributed by atoms with Gasteiger partial charge in [0.25, 0.3) is 5.69 Å². The number of anilines is 2. The number of nitro groups is 1. The van der Waals surface area contributed by atoms with Crippen LogP contribution in [-0.4, -0.2) is 68.4 Å². The van der Waals surface area contributed by atoms with E-state index >= 15 is 0 Å². The van der Waals surface area contributed by atoms with Gasteiger partial charge in [-0.3, -0.25) is 14.9 Å². The second-order valence-corrected chi connectivity index (χ2v) is 12.1. The quantitative estimate of drug-likeness (QED) is 0.0752. The number of fused-ring (bicyclic) bond motifs is 1. The van der Waals surface area contributed by atoms with E-state index in [1.54, 1.807) is 32.5 Å². The Labute approximate surface area is 288 Å². The minimum Gasteiger partial charge on any atom is -0.495 e. The molecule has 1 aliphatic rings. The number of nitrogens with zero attached hydrogens (tertiary/aromatic N) is 3. The number of ether oxygens (including phenoxy) is 3. The number of methoxy groups -OCH3 is 3. The van der Waals surface area contributed by atoms with Gasteiger partial charge in [-0.1, -0.05) is 44.2 Å². The summed E-state index contributed by atoms with van der Waals surface area (Å²) in [6.07, 6.45) is 5.55. The van der Waals surface area contributed by atoms with Gasteiger partial charge >= 0.3 is 0 Å². The summed E-state index contributed by atoms with van der Waals surface area (Å²) in [6, 6.07) is 13.0. The molecule has 1 amide bonds. The van der Waals surface area contributed by atoms with Gasteiger partial charge in [0.1, 0.15) is 5.75 Å². The molecule has 12 nitrogen and oxygen atoms in total. The van der Waals surface area contributed by atoms with Gasteiger partial charge < -0.3 is 30.2 Å². The summed E-state index contributed by atoms with van der Waals surface area (Å²) in [4.78, 5) is 35.1. The van der Waals surface area contributed by atoms with Gasteiger partial charge in [0.2, 0.25) is 11.9 Å². The van der Waals surface area contributed by atoms with E-state index in [1.165, 1.54) is 13.2 Å². The topological polar surface area (TPSA) is 150 Å². The Morgan fingerprint density at radius 2 is 1.92 bits per heavy atom. The summed E-state index contributed by atoms with van der Waals surface area (Å²) in [7, 11) is 4.70. The Morgan fingerprint density at radius 3 is 2.61 bits per heavy atom.